The zero-order valence-electron chi connectivity index (χ0n) is 17.3. The molecule has 4 heteroatoms. The van der Waals surface area contributed by atoms with Gasteiger partial charge in [0.15, 0.2) is 0 Å². The highest BCUT2D eigenvalue weighted by molar-refractivity contribution is 6.90. The minimum atomic E-state index is -1.75. The Labute approximate surface area is 172 Å². The van der Waals surface area contributed by atoms with E-state index < -0.39 is 8.07 Å². The van der Waals surface area contributed by atoms with Crippen molar-refractivity contribution in [3.63, 3.8) is 0 Å². The van der Waals surface area contributed by atoms with Crippen molar-refractivity contribution in [2.45, 2.75) is 19.1 Å². The minimum Gasteiger partial charge on any atom is -0.497 e. The van der Waals surface area contributed by atoms with Crippen molar-refractivity contribution < 1.29 is 9.47 Å². The fourth-order valence-electron chi connectivity index (χ4n) is 4.82. The Morgan fingerprint density at radius 3 is 2.21 bits per heavy atom. The summed E-state index contributed by atoms with van der Waals surface area (Å²) in [6.07, 6.45) is 0. The highest BCUT2D eigenvalue weighted by Gasteiger charge is 2.38. The SMILES string of the molecule is COc1cc(OC)cc(-n2c3c(c4ccccc42)-c2ccccc2C[Si]3(C)C)c1. The smallest absolute Gasteiger partial charge is 0.124 e. The van der Waals surface area contributed by atoms with Gasteiger partial charge >= 0.3 is 0 Å². The van der Waals surface area contributed by atoms with Crippen molar-refractivity contribution in [1.29, 1.82) is 0 Å². The van der Waals surface area contributed by atoms with Crippen LogP contribution < -0.4 is 14.8 Å². The Hall–Kier alpha value is -2.98. The number of methoxy groups -OCH3 is 2. The summed E-state index contributed by atoms with van der Waals surface area (Å²) in [7, 11) is 1.66. The van der Waals surface area contributed by atoms with Crippen LogP contribution in [-0.4, -0.2) is 26.9 Å². The first kappa shape index (κ1) is 18.1. The van der Waals surface area contributed by atoms with E-state index in [0.29, 0.717) is 0 Å². The normalized spacial score (nSPS) is 14.3. The molecule has 3 aromatic carbocycles. The number of aromatic nitrogens is 1. The van der Waals surface area contributed by atoms with Crippen molar-refractivity contribution in [3.8, 4) is 28.3 Å². The number of hydrogen-bond acceptors (Lipinski definition) is 2. The van der Waals surface area contributed by atoms with Crippen molar-refractivity contribution in [2.24, 2.45) is 0 Å². The van der Waals surface area contributed by atoms with Gasteiger partial charge in [0.2, 0.25) is 0 Å². The third-order valence-electron chi connectivity index (χ3n) is 6.03. The molecule has 0 amide bonds. The van der Waals surface area contributed by atoms with Crippen LogP contribution in [0.1, 0.15) is 5.56 Å². The van der Waals surface area contributed by atoms with Crippen LogP contribution >= 0.6 is 0 Å². The van der Waals surface area contributed by atoms with Gasteiger partial charge in [-0.2, -0.15) is 0 Å². The van der Waals surface area contributed by atoms with E-state index in [1.54, 1.807) is 14.2 Å². The van der Waals surface area contributed by atoms with Gasteiger partial charge < -0.3 is 14.0 Å². The zero-order valence-corrected chi connectivity index (χ0v) is 18.3. The largest absolute Gasteiger partial charge is 0.497 e. The van der Waals surface area contributed by atoms with E-state index >= 15 is 0 Å². The second-order valence-corrected chi connectivity index (χ2v) is 13.0. The van der Waals surface area contributed by atoms with E-state index in [9.17, 15) is 0 Å². The number of nitrogens with zero attached hydrogens (tertiary/aromatic N) is 1. The highest BCUT2D eigenvalue weighted by atomic mass is 28.3. The molecule has 0 aliphatic carbocycles. The second-order valence-electron chi connectivity index (χ2n) is 8.36. The molecule has 0 saturated heterocycles. The Morgan fingerprint density at radius 2 is 1.48 bits per heavy atom. The first-order valence-corrected chi connectivity index (χ1v) is 13.2. The molecule has 146 valence electrons. The number of ether oxygens (including phenoxy) is 2. The quantitative estimate of drug-likeness (QED) is 0.435. The van der Waals surface area contributed by atoms with E-state index in [4.69, 9.17) is 9.47 Å². The van der Waals surface area contributed by atoms with Gasteiger partial charge in [0.05, 0.1) is 25.4 Å². The Morgan fingerprint density at radius 1 is 0.828 bits per heavy atom. The summed E-state index contributed by atoms with van der Waals surface area (Å²) in [6.45, 7) is 4.96. The monoisotopic (exact) mass is 399 g/mol. The lowest BCUT2D eigenvalue weighted by molar-refractivity contribution is 0.394. The van der Waals surface area contributed by atoms with Gasteiger partial charge in [0.25, 0.3) is 0 Å². The van der Waals surface area contributed by atoms with Crippen LogP contribution in [0.3, 0.4) is 0 Å². The van der Waals surface area contributed by atoms with Gasteiger partial charge in [-0.25, -0.2) is 0 Å². The number of hydrogen-bond donors (Lipinski definition) is 0. The van der Waals surface area contributed by atoms with Crippen LogP contribution in [0.4, 0.5) is 0 Å². The Bertz CT molecular complexity index is 1220. The van der Waals surface area contributed by atoms with E-state index in [0.717, 1.165) is 23.2 Å². The maximum Gasteiger partial charge on any atom is 0.124 e. The van der Waals surface area contributed by atoms with Crippen LogP contribution in [0, 0.1) is 0 Å². The lowest BCUT2D eigenvalue weighted by Crippen LogP contribution is -2.50. The van der Waals surface area contributed by atoms with Gasteiger partial charge in [0.1, 0.15) is 19.6 Å². The predicted octanol–water partition coefficient (Wildman–Crippen LogP) is 5.33. The fraction of sp³-hybridized carbons (Fsp3) is 0.200. The van der Waals surface area contributed by atoms with E-state index in [-0.39, 0.29) is 0 Å². The molecule has 0 atom stereocenters. The molecule has 3 nitrogen and oxygen atoms in total. The van der Waals surface area contributed by atoms with Gasteiger partial charge in [-0.15, -0.1) is 0 Å². The molecular weight excluding hydrogens is 374 g/mol. The van der Waals surface area contributed by atoms with E-state index in [1.807, 2.05) is 6.07 Å². The number of benzene rings is 3. The van der Waals surface area contributed by atoms with Gasteiger partial charge in [0, 0.05) is 34.5 Å². The molecule has 1 aliphatic rings. The summed E-state index contributed by atoms with van der Waals surface area (Å²) in [5.74, 6) is 1.61. The van der Waals surface area contributed by atoms with Crippen molar-refractivity contribution in [2.75, 3.05) is 14.2 Å². The standard InChI is InChI=1S/C25H25NO2Si/c1-27-19-13-18(14-20(15-19)28-2)26-23-12-8-7-11-22(23)24-21-10-6-5-9-17(21)16-29(3,4)25(24)26/h5-15H,16H2,1-4H3. The van der Waals surface area contributed by atoms with Crippen molar-refractivity contribution >= 4 is 24.3 Å². The Kier molecular flexibility index (Phi) is 4.07. The minimum absolute atomic E-state index is 0.807. The summed E-state index contributed by atoms with van der Waals surface area (Å²) < 4.78 is 13.6. The molecule has 29 heavy (non-hydrogen) atoms. The summed E-state index contributed by atoms with van der Waals surface area (Å²) in [4.78, 5) is 0. The molecule has 0 N–H and O–H groups in total. The van der Waals surface area contributed by atoms with Crippen LogP contribution in [0.2, 0.25) is 13.1 Å². The zero-order chi connectivity index (χ0) is 20.2. The molecule has 0 saturated carbocycles. The van der Waals surface area contributed by atoms with E-state index in [1.165, 1.54) is 32.9 Å². The number of para-hydroxylation sites is 1. The maximum atomic E-state index is 5.58. The maximum absolute atomic E-state index is 5.58. The Balaban J connectivity index is 1.93. The first-order valence-electron chi connectivity index (χ1n) is 9.99. The van der Waals surface area contributed by atoms with Crippen molar-refractivity contribution in [1.82, 2.24) is 4.57 Å². The lowest BCUT2D eigenvalue weighted by Gasteiger charge is -2.32. The molecule has 0 spiro atoms. The van der Waals surface area contributed by atoms with Gasteiger partial charge in [-0.3, -0.25) is 0 Å². The van der Waals surface area contributed by atoms with Crippen LogP contribution in [-0.2, 0) is 6.04 Å². The third kappa shape index (κ3) is 2.70. The molecule has 1 aliphatic heterocycles. The van der Waals surface area contributed by atoms with Crippen molar-refractivity contribution in [3.05, 3.63) is 72.3 Å². The molecular formula is C25H25NO2Si. The number of rotatable bonds is 3. The topological polar surface area (TPSA) is 23.4 Å². The predicted molar refractivity (Wildman–Crippen MR) is 123 cm³/mol. The second kappa shape index (κ2) is 6.53. The lowest BCUT2D eigenvalue weighted by atomic mass is 9.99. The van der Waals surface area contributed by atoms with Gasteiger partial charge in [-0.05, 0) is 23.2 Å². The molecule has 0 bridgehead atoms. The molecule has 4 aromatic rings. The molecule has 0 radical (unpaired) electrons. The molecule has 0 unspecified atom stereocenters. The first-order chi connectivity index (χ1) is 14.0. The van der Waals surface area contributed by atoms with Crippen LogP contribution in [0.5, 0.6) is 11.5 Å². The van der Waals surface area contributed by atoms with Gasteiger partial charge in [-0.1, -0.05) is 55.6 Å². The summed E-state index contributed by atoms with van der Waals surface area (Å²) >= 11 is 0. The fourth-order valence-corrected chi connectivity index (χ4v) is 8.05. The molecule has 2 heterocycles. The molecule has 5 rings (SSSR count). The highest BCUT2D eigenvalue weighted by Crippen LogP contribution is 2.40. The third-order valence-corrected chi connectivity index (χ3v) is 9.05. The average molecular weight is 400 g/mol. The summed E-state index contributed by atoms with van der Waals surface area (Å²) in [6, 6.07) is 25.0. The molecule has 0 fully saturated rings. The number of fused-ring (bicyclic) bond motifs is 5. The van der Waals surface area contributed by atoms with Crippen LogP contribution in [0.25, 0.3) is 27.7 Å². The summed E-state index contributed by atoms with van der Waals surface area (Å²) in [5.41, 5.74) is 6.59. The average Bonchev–Trinajstić information content (AvgIpc) is 3.10. The van der Waals surface area contributed by atoms with Crippen LogP contribution in [0.15, 0.2) is 66.7 Å². The van der Waals surface area contributed by atoms with E-state index in [2.05, 4.69) is 78.3 Å². The summed E-state index contributed by atoms with van der Waals surface area (Å²) in [5, 5.41) is 2.80. The molecule has 1 aromatic heterocycles.